The van der Waals surface area contributed by atoms with Crippen LogP contribution in [0.2, 0.25) is 5.15 Å². The Morgan fingerprint density at radius 2 is 2.16 bits per heavy atom. The molecule has 6 heteroatoms. The number of aromatic nitrogens is 2. The number of carbonyl (C=O) groups excluding carboxylic acids is 1. The first-order valence-electron chi connectivity index (χ1n) is 5.68. The van der Waals surface area contributed by atoms with Gasteiger partial charge in [-0.3, -0.25) is 9.78 Å². The van der Waals surface area contributed by atoms with Gasteiger partial charge in [0.25, 0.3) is 0 Å². The molecule has 0 aromatic carbocycles. The lowest BCUT2D eigenvalue weighted by atomic mass is 10.2. The van der Waals surface area contributed by atoms with E-state index in [0.29, 0.717) is 27.9 Å². The number of anilines is 2. The van der Waals surface area contributed by atoms with Crippen LogP contribution in [0.5, 0.6) is 0 Å². The Labute approximate surface area is 115 Å². The normalized spacial score (nSPS) is 10.2. The van der Waals surface area contributed by atoms with Crippen molar-refractivity contribution in [3.63, 3.8) is 0 Å². The van der Waals surface area contributed by atoms with Crippen LogP contribution >= 0.6 is 11.6 Å². The minimum atomic E-state index is -0.163. The lowest BCUT2D eigenvalue weighted by Gasteiger charge is -2.07. The number of nitrogens with zero attached hydrogens (tertiary/aromatic N) is 2. The van der Waals surface area contributed by atoms with Crippen LogP contribution in [-0.2, 0) is 11.2 Å². The second kappa shape index (κ2) is 5.67. The molecule has 0 unspecified atom stereocenters. The van der Waals surface area contributed by atoms with Crippen LogP contribution in [0.15, 0.2) is 30.5 Å². The van der Waals surface area contributed by atoms with Crippen LogP contribution in [0.4, 0.5) is 11.4 Å². The first-order valence-corrected chi connectivity index (χ1v) is 6.06. The Morgan fingerprint density at radius 3 is 2.79 bits per heavy atom. The maximum atomic E-state index is 11.9. The molecule has 2 rings (SSSR count). The van der Waals surface area contributed by atoms with Crippen molar-refractivity contribution in [3.8, 4) is 0 Å². The van der Waals surface area contributed by atoms with Gasteiger partial charge in [0.15, 0.2) is 0 Å². The number of hydrogen-bond acceptors (Lipinski definition) is 4. The number of nitrogens with one attached hydrogen (secondary N) is 1. The van der Waals surface area contributed by atoms with Crippen molar-refractivity contribution in [1.29, 1.82) is 0 Å². The fourth-order valence-electron chi connectivity index (χ4n) is 1.56. The average Bonchev–Trinajstić information content (AvgIpc) is 2.36. The molecule has 0 fully saturated rings. The van der Waals surface area contributed by atoms with Crippen molar-refractivity contribution in [2.45, 2.75) is 13.3 Å². The number of pyridine rings is 2. The summed E-state index contributed by atoms with van der Waals surface area (Å²) >= 11 is 5.75. The van der Waals surface area contributed by atoms with Crippen LogP contribution in [0, 0.1) is 6.92 Å². The van der Waals surface area contributed by atoms with Crippen LogP contribution in [0.25, 0.3) is 0 Å². The molecule has 0 aliphatic rings. The van der Waals surface area contributed by atoms with Crippen molar-refractivity contribution < 1.29 is 4.79 Å². The largest absolute Gasteiger partial charge is 0.397 e. The number of carbonyl (C=O) groups is 1. The number of aryl methyl sites for hydroxylation is 1. The van der Waals surface area contributed by atoms with Crippen LogP contribution in [0.1, 0.15) is 11.4 Å². The standard InChI is InChI=1S/C13H13ClN4O/c1-8-11(4-5-12(14)17-8)18-13(19)6-10-3-2-9(15)7-16-10/h2-5,7H,6,15H2,1H3,(H,18,19). The number of halogens is 1. The Morgan fingerprint density at radius 1 is 1.37 bits per heavy atom. The van der Waals surface area contributed by atoms with E-state index in [1.807, 2.05) is 0 Å². The highest BCUT2D eigenvalue weighted by molar-refractivity contribution is 6.29. The molecule has 0 spiro atoms. The molecule has 5 nitrogen and oxygen atoms in total. The van der Waals surface area contributed by atoms with E-state index < -0.39 is 0 Å². The van der Waals surface area contributed by atoms with Gasteiger partial charge in [-0.15, -0.1) is 0 Å². The highest BCUT2D eigenvalue weighted by Crippen LogP contribution is 2.16. The van der Waals surface area contributed by atoms with E-state index in [2.05, 4.69) is 15.3 Å². The van der Waals surface area contributed by atoms with E-state index >= 15 is 0 Å². The van der Waals surface area contributed by atoms with Gasteiger partial charge in [-0.25, -0.2) is 4.98 Å². The van der Waals surface area contributed by atoms with Crippen molar-refractivity contribution in [2.24, 2.45) is 0 Å². The van der Waals surface area contributed by atoms with E-state index in [-0.39, 0.29) is 12.3 Å². The Balaban J connectivity index is 2.03. The third-order valence-corrected chi connectivity index (χ3v) is 2.73. The predicted octanol–water partition coefficient (Wildman–Crippen LogP) is 2.20. The van der Waals surface area contributed by atoms with Gasteiger partial charge in [0.1, 0.15) is 5.15 Å². The Hall–Kier alpha value is -2.14. The Kier molecular flexibility index (Phi) is 3.97. The quantitative estimate of drug-likeness (QED) is 0.842. The number of amides is 1. The molecular formula is C13H13ClN4O. The molecule has 1 amide bonds. The van der Waals surface area contributed by atoms with E-state index in [9.17, 15) is 4.79 Å². The lowest BCUT2D eigenvalue weighted by molar-refractivity contribution is -0.115. The van der Waals surface area contributed by atoms with Crippen LogP contribution in [0.3, 0.4) is 0 Å². The summed E-state index contributed by atoms with van der Waals surface area (Å²) in [7, 11) is 0. The van der Waals surface area contributed by atoms with Crippen molar-refractivity contribution in [2.75, 3.05) is 11.1 Å². The molecule has 0 bridgehead atoms. The molecule has 0 saturated heterocycles. The molecule has 0 aliphatic heterocycles. The summed E-state index contributed by atoms with van der Waals surface area (Å²) in [5, 5.41) is 3.17. The summed E-state index contributed by atoms with van der Waals surface area (Å²) in [5.74, 6) is -0.163. The van der Waals surface area contributed by atoms with Crippen molar-refractivity contribution in [1.82, 2.24) is 9.97 Å². The number of nitrogens with two attached hydrogens (primary N) is 1. The zero-order valence-electron chi connectivity index (χ0n) is 10.4. The SMILES string of the molecule is Cc1nc(Cl)ccc1NC(=O)Cc1ccc(N)cn1. The molecular weight excluding hydrogens is 264 g/mol. The molecule has 0 radical (unpaired) electrons. The molecule has 19 heavy (non-hydrogen) atoms. The van der Waals surface area contributed by atoms with Gasteiger partial charge in [0.05, 0.1) is 29.7 Å². The summed E-state index contributed by atoms with van der Waals surface area (Å²) in [6, 6.07) is 6.79. The van der Waals surface area contributed by atoms with E-state index in [1.165, 1.54) is 6.20 Å². The first kappa shape index (κ1) is 13.3. The van der Waals surface area contributed by atoms with Gasteiger partial charge >= 0.3 is 0 Å². The molecule has 0 saturated carbocycles. The summed E-state index contributed by atoms with van der Waals surface area (Å²) in [5.41, 5.74) is 8.08. The van der Waals surface area contributed by atoms with Gasteiger partial charge in [-0.05, 0) is 31.2 Å². The monoisotopic (exact) mass is 276 g/mol. The number of hydrogen-bond donors (Lipinski definition) is 2. The second-order valence-electron chi connectivity index (χ2n) is 4.07. The summed E-state index contributed by atoms with van der Waals surface area (Å²) in [6.45, 7) is 1.78. The number of rotatable bonds is 3. The minimum absolute atomic E-state index is 0.163. The second-order valence-corrected chi connectivity index (χ2v) is 4.46. The fraction of sp³-hybridized carbons (Fsp3) is 0.154. The third-order valence-electron chi connectivity index (χ3n) is 2.52. The molecule has 2 aromatic heterocycles. The number of nitrogen functional groups attached to an aromatic ring is 1. The highest BCUT2D eigenvalue weighted by atomic mass is 35.5. The van der Waals surface area contributed by atoms with E-state index in [1.54, 1.807) is 31.2 Å². The van der Waals surface area contributed by atoms with Crippen LogP contribution in [-0.4, -0.2) is 15.9 Å². The van der Waals surface area contributed by atoms with Gasteiger partial charge in [-0.1, -0.05) is 11.6 Å². The van der Waals surface area contributed by atoms with Crippen LogP contribution < -0.4 is 11.1 Å². The molecule has 2 aromatic rings. The molecule has 2 heterocycles. The molecule has 98 valence electrons. The minimum Gasteiger partial charge on any atom is -0.397 e. The molecule has 3 N–H and O–H groups in total. The molecule has 0 atom stereocenters. The van der Waals surface area contributed by atoms with Crippen molar-refractivity contribution in [3.05, 3.63) is 47.0 Å². The van der Waals surface area contributed by atoms with Gasteiger partial charge in [-0.2, -0.15) is 0 Å². The summed E-state index contributed by atoms with van der Waals surface area (Å²) in [4.78, 5) is 20.0. The average molecular weight is 277 g/mol. The summed E-state index contributed by atoms with van der Waals surface area (Å²) in [6.07, 6.45) is 1.71. The highest BCUT2D eigenvalue weighted by Gasteiger charge is 2.07. The topological polar surface area (TPSA) is 80.9 Å². The molecule has 0 aliphatic carbocycles. The van der Waals surface area contributed by atoms with Gasteiger partial charge in [0.2, 0.25) is 5.91 Å². The zero-order valence-corrected chi connectivity index (χ0v) is 11.1. The fourth-order valence-corrected chi connectivity index (χ4v) is 1.75. The summed E-state index contributed by atoms with van der Waals surface area (Å²) < 4.78 is 0. The Bertz CT molecular complexity index is 598. The van der Waals surface area contributed by atoms with Crippen molar-refractivity contribution >= 4 is 28.9 Å². The maximum absolute atomic E-state index is 11.9. The zero-order chi connectivity index (χ0) is 13.8. The predicted molar refractivity (Wildman–Crippen MR) is 75.0 cm³/mol. The maximum Gasteiger partial charge on any atom is 0.230 e. The third kappa shape index (κ3) is 3.66. The van der Waals surface area contributed by atoms with E-state index in [4.69, 9.17) is 17.3 Å². The van der Waals surface area contributed by atoms with E-state index in [0.717, 1.165) is 0 Å². The smallest absolute Gasteiger partial charge is 0.230 e. The lowest BCUT2D eigenvalue weighted by Crippen LogP contribution is -2.16. The van der Waals surface area contributed by atoms with Gasteiger partial charge in [0, 0.05) is 5.69 Å². The first-order chi connectivity index (χ1) is 9.04. The van der Waals surface area contributed by atoms with Gasteiger partial charge < -0.3 is 11.1 Å².